The summed E-state index contributed by atoms with van der Waals surface area (Å²) in [5.41, 5.74) is 2.75. The minimum atomic E-state index is 0.558. The Morgan fingerprint density at radius 2 is 2.46 bits per heavy atom. The highest BCUT2D eigenvalue weighted by molar-refractivity contribution is 7.80. The van der Waals surface area contributed by atoms with E-state index in [2.05, 4.69) is 28.0 Å². The van der Waals surface area contributed by atoms with Crippen molar-refractivity contribution in [2.45, 2.75) is 19.3 Å². The second-order valence-corrected chi connectivity index (χ2v) is 3.42. The van der Waals surface area contributed by atoms with Gasteiger partial charge >= 0.3 is 0 Å². The molecule has 0 aromatic carbocycles. The van der Waals surface area contributed by atoms with E-state index >= 15 is 0 Å². The first-order valence-corrected chi connectivity index (χ1v) is 4.89. The Morgan fingerprint density at radius 3 is 3.08 bits per heavy atom. The molecular formula is C9H15N3S. The highest BCUT2D eigenvalue weighted by Gasteiger charge is 2.05. The van der Waals surface area contributed by atoms with Crippen molar-refractivity contribution >= 4 is 23.5 Å². The fourth-order valence-electron chi connectivity index (χ4n) is 1.21. The molecule has 1 aliphatic carbocycles. The fourth-order valence-corrected chi connectivity index (χ4v) is 1.26. The van der Waals surface area contributed by atoms with Gasteiger partial charge in [-0.05, 0) is 37.4 Å². The molecule has 13 heavy (non-hydrogen) atoms. The molecule has 0 radical (unpaired) electrons. The number of hydrazone groups is 1. The van der Waals surface area contributed by atoms with E-state index in [9.17, 15) is 0 Å². The van der Waals surface area contributed by atoms with E-state index in [0.29, 0.717) is 11.0 Å². The molecule has 1 rings (SSSR count). The number of rotatable bonds is 2. The molecule has 0 saturated heterocycles. The van der Waals surface area contributed by atoms with Crippen LogP contribution in [-0.4, -0.2) is 18.4 Å². The lowest BCUT2D eigenvalue weighted by molar-refractivity contribution is 0.624. The molecule has 72 valence electrons. The molecule has 1 aliphatic rings. The molecule has 0 aromatic heterocycles. The van der Waals surface area contributed by atoms with Gasteiger partial charge in [-0.25, -0.2) is 0 Å². The third kappa shape index (κ3) is 4.03. The van der Waals surface area contributed by atoms with Crippen molar-refractivity contribution < 1.29 is 0 Å². The third-order valence-corrected chi connectivity index (χ3v) is 2.28. The summed E-state index contributed by atoms with van der Waals surface area (Å²) in [6, 6.07) is 0. The smallest absolute Gasteiger partial charge is 0.186 e. The first kappa shape index (κ1) is 10.2. The number of allylic oxidation sites excluding steroid dienone is 2. The van der Waals surface area contributed by atoms with Crippen LogP contribution in [0, 0.1) is 5.92 Å². The van der Waals surface area contributed by atoms with Crippen LogP contribution in [-0.2, 0) is 0 Å². The van der Waals surface area contributed by atoms with Gasteiger partial charge in [0, 0.05) is 13.3 Å². The van der Waals surface area contributed by atoms with Crippen LogP contribution in [0.2, 0.25) is 0 Å². The molecule has 0 saturated carbocycles. The lowest BCUT2D eigenvalue weighted by atomic mass is 9.96. The minimum Gasteiger partial charge on any atom is -0.364 e. The summed E-state index contributed by atoms with van der Waals surface area (Å²) in [5.74, 6) is 0.567. The number of thiocarbonyl (C=S) groups is 1. The van der Waals surface area contributed by atoms with E-state index in [-0.39, 0.29) is 0 Å². The molecule has 0 aromatic rings. The molecule has 0 bridgehead atoms. The van der Waals surface area contributed by atoms with Gasteiger partial charge < -0.3 is 5.32 Å². The summed E-state index contributed by atoms with van der Waals surface area (Å²) in [6.07, 6.45) is 9.80. The van der Waals surface area contributed by atoms with Crippen molar-refractivity contribution in [3.05, 3.63) is 12.2 Å². The molecule has 0 aliphatic heterocycles. The second-order valence-electron chi connectivity index (χ2n) is 3.01. The highest BCUT2D eigenvalue weighted by Crippen LogP contribution is 2.15. The Labute approximate surface area is 84.3 Å². The summed E-state index contributed by atoms with van der Waals surface area (Å²) in [4.78, 5) is 0. The van der Waals surface area contributed by atoms with E-state index in [1.165, 1.54) is 6.42 Å². The van der Waals surface area contributed by atoms with Crippen molar-refractivity contribution in [3.8, 4) is 0 Å². The predicted molar refractivity (Wildman–Crippen MR) is 59.8 cm³/mol. The molecule has 0 amide bonds. The lowest BCUT2D eigenvalue weighted by Crippen LogP contribution is -2.28. The zero-order valence-electron chi connectivity index (χ0n) is 7.79. The van der Waals surface area contributed by atoms with Crippen LogP contribution in [0.4, 0.5) is 0 Å². The average Bonchev–Trinajstić information content (AvgIpc) is 2.19. The molecule has 2 N–H and O–H groups in total. The van der Waals surface area contributed by atoms with Crippen LogP contribution in [0.3, 0.4) is 0 Å². The Morgan fingerprint density at radius 1 is 1.62 bits per heavy atom. The second kappa shape index (κ2) is 5.70. The van der Waals surface area contributed by atoms with E-state index in [1.54, 1.807) is 7.05 Å². The van der Waals surface area contributed by atoms with Gasteiger partial charge in [-0.1, -0.05) is 12.2 Å². The number of nitrogens with zero attached hydrogens (tertiary/aromatic N) is 1. The Kier molecular flexibility index (Phi) is 4.46. The normalized spacial score (nSPS) is 21.8. The van der Waals surface area contributed by atoms with Gasteiger partial charge in [-0.3, -0.25) is 5.43 Å². The quantitative estimate of drug-likeness (QED) is 0.304. The minimum absolute atomic E-state index is 0.558. The lowest BCUT2D eigenvalue weighted by Gasteiger charge is -2.11. The molecular weight excluding hydrogens is 182 g/mol. The van der Waals surface area contributed by atoms with Crippen molar-refractivity contribution in [1.29, 1.82) is 0 Å². The standard InChI is InChI=1S/C9H15N3S/c1-10-9(13)12-11-7-8-5-3-2-4-6-8/h2-3,7-8H,4-6H2,1H3,(H2,10,12,13)/b11-7+/t8-/m0/s1. The Balaban J connectivity index is 2.23. The zero-order valence-corrected chi connectivity index (χ0v) is 8.60. The summed E-state index contributed by atoms with van der Waals surface area (Å²) >= 11 is 4.87. The first-order chi connectivity index (χ1) is 6.33. The number of hydrogen-bond donors (Lipinski definition) is 2. The zero-order chi connectivity index (χ0) is 9.52. The van der Waals surface area contributed by atoms with Crippen LogP contribution < -0.4 is 10.7 Å². The molecule has 0 fully saturated rings. The van der Waals surface area contributed by atoms with Gasteiger partial charge in [0.15, 0.2) is 5.11 Å². The van der Waals surface area contributed by atoms with Crippen molar-refractivity contribution in [2.75, 3.05) is 7.05 Å². The monoisotopic (exact) mass is 197 g/mol. The molecule has 1 atom stereocenters. The summed E-state index contributed by atoms with van der Waals surface area (Å²) in [6.45, 7) is 0. The van der Waals surface area contributed by atoms with E-state index in [0.717, 1.165) is 12.8 Å². The van der Waals surface area contributed by atoms with Gasteiger partial charge in [0.05, 0.1) is 0 Å². The summed E-state index contributed by atoms with van der Waals surface area (Å²) in [7, 11) is 1.77. The van der Waals surface area contributed by atoms with Crippen molar-refractivity contribution in [2.24, 2.45) is 11.0 Å². The van der Waals surface area contributed by atoms with Crippen molar-refractivity contribution in [1.82, 2.24) is 10.7 Å². The maximum atomic E-state index is 4.87. The van der Waals surface area contributed by atoms with Crippen LogP contribution in [0.5, 0.6) is 0 Å². The Hall–Kier alpha value is -0.900. The topological polar surface area (TPSA) is 36.4 Å². The van der Waals surface area contributed by atoms with Gasteiger partial charge in [0.1, 0.15) is 0 Å². The SMILES string of the molecule is CNC(=S)N/N=C/[C@H]1CC=CCC1. The molecule has 4 heteroatoms. The largest absolute Gasteiger partial charge is 0.364 e. The van der Waals surface area contributed by atoms with Crippen molar-refractivity contribution in [3.63, 3.8) is 0 Å². The highest BCUT2D eigenvalue weighted by atomic mass is 32.1. The molecule has 0 heterocycles. The first-order valence-electron chi connectivity index (χ1n) is 4.49. The van der Waals surface area contributed by atoms with E-state index in [1.807, 2.05) is 6.21 Å². The van der Waals surface area contributed by atoms with Crippen LogP contribution in [0.15, 0.2) is 17.3 Å². The van der Waals surface area contributed by atoms with Gasteiger partial charge in [0.25, 0.3) is 0 Å². The molecule has 0 unspecified atom stereocenters. The average molecular weight is 197 g/mol. The third-order valence-electron chi connectivity index (χ3n) is 1.99. The maximum Gasteiger partial charge on any atom is 0.186 e. The van der Waals surface area contributed by atoms with Crippen LogP contribution in [0.1, 0.15) is 19.3 Å². The van der Waals surface area contributed by atoms with Crippen LogP contribution >= 0.6 is 12.2 Å². The van der Waals surface area contributed by atoms with E-state index in [4.69, 9.17) is 12.2 Å². The number of hydrogen-bond acceptors (Lipinski definition) is 2. The maximum absolute atomic E-state index is 4.87. The molecule has 0 spiro atoms. The predicted octanol–water partition coefficient (Wildman–Crippen LogP) is 1.42. The fraction of sp³-hybridized carbons (Fsp3) is 0.556. The molecule has 3 nitrogen and oxygen atoms in total. The van der Waals surface area contributed by atoms with Gasteiger partial charge in [-0.2, -0.15) is 5.10 Å². The number of nitrogens with one attached hydrogen (secondary N) is 2. The van der Waals surface area contributed by atoms with Gasteiger partial charge in [-0.15, -0.1) is 0 Å². The van der Waals surface area contributed by atoms with E-state index < -0.39 is 0 Å². The Bertz CT molecular complexity index is 223. The summed E-state index contributed by atoms with van der Waals surface area (Å²) < 4.78 is 0. The summed E-state index contributed by atoms with van der Waals surface area (Å²) in [5, 5.41) is 7.41. The van der Waals surface area contributed by atoms with Crippen LogP contribution in [0.25, 0.3) is 0 Å². The van der Waals surface area contributed by atoms with Gasteiger partial charge in [0.2, 0.25) is 0 Å².